The van der Waals surface area contributed by atoms with Crippen molar-refractivity contribution in [2.45, 2.75) is 45.6 Å². The Bertz CT molecular complexity index is 1170. The highest BCUT2D eigenvalue weighted by atomic mass is 32.1. The van der Waals surface area contributed by atoms with Crippen LogP contribution in [-0.2, 0) is 17.7 Å². The number of hydrogen-bond acceptors (Lipinski definition) is 8. The number of carbonyl (C=O) groups excluding carboxylic acids is 2. The molecule has 156 valence electrons. The lowest BCUT2D eigenvalue weighted by molar-refractivity contribution is 0.0520. The van der Waals surface area contributed by atoms with Crippen LogP contribution in [0.5, 0.6) is 0 Å². The second-order valence-electron chi connectivity index (χ2n) is 7.01. The second-order valence-corrected chi connectivity index (χ2v) is 7.76. The van der Waals surface area contributed by atoms with Gasteiger partial charge in [-0.2, -0.15) is 0 Å². The first-order chi connectivity index (χ1) is 14.6. The number of hydrogen-bond donors (Lipinski definition) is 1. The molecule has 4 rings (SSSR count). The molecule has 0 spiro atoms. The van der Waals surface area contributed by atoms with Crippen LogP contribution in [0.15, 0.2) is 23.0 Å². The van der Waals surface area contributed by atoms with Crippen molar-refractivity contribution < 1.29 is 14.3 Å². The predicted molar refractivity (Wildman–Crippen MR) is 112 cm³/mol. The number of nitrogens with one attached hydrogen (secondary N) is 1. The van der Waals surface area contributed by atoms with E-state index in [0.29, 0.717) is 23.0 Å². The monoisotopic (exact) mass is 427 g/mol. The van der Waals surface area contributed by atoms with Crippen LogP contribution in [0.25, 0.3) is 10.9 Å². The lowest BCUT2D eigenvalue weighted by atomic mass is 10.1. The number of aromatic nitrogens is 4. The van der Waals surface area contributed by atoms with Crippen molar-refractivity contribution in [2.24, 2.45) is 0 Å². The standard InChI is InChI=1S/C20H21N5O4S/c1-2-29-20(28)16-18(30-24-23-16)22-17(26)12-8-9-13-14(11-12)21-15-7-5-3-4-6-10-25(15)19(13)27/h8-9,11H,2-7,10H2,1H3,(H,22,26). The molecule has 0 bridgehead atoms. The van der Waals surface area contributed by atoms with Gasteiger partial charge in [0.15, 0.2) is 5.00 Å². The summed E-state index contributed by atoms with van der Waals surface area (Å²) in [5.41, 5.74) is 0.717. The maximum atomic E-state index is 12.9. The van der Waals surface area contributed by atoms with E-state index in [1.807, 2.05) is 0 Å². The summed E-state index contributed by atoms with van der Waals surface area (Å²) in [6, 6.07) is 4.81. The molecule has 10 heteroatoms. The van der Waals surface area contributed by atoms with Crippen molar-refractivity contribution in [3.05, 3.63) is 45.6 Å². The summed E-state index contributed by atoms with van der Waals surface area (Å²) in [5, 5.41) is 7.08. The molecule has 0 saturated heterocycles. The maximum Gasteiger partial charge on any atom is 0.362 e. The normalized spacial score (nSPS) is 13.9. The smallest absolute Gasteiger partial charge is 0.362 e. The highest BCUT2D eigenvalue weighted by Crippen LogP contribution is 2.21. The molecule has 0 atom stereocenters. The fraction of sp³-hybridized carbons (Fsp3) is 0.400. The van der Waals surface area contributed by atoms with Gasteiger partial charge in [0.05, 0.1) is 17.5 Å². The molecule has 30 heavy (non-hydrogen) atoms. The molecule has 1 aromatic carbocycles. The lowest BCUT2D eigenvalue weighted by Crippen LogP contribution is -2.26. The topological polar surface area (TPSA) is 116 Å². The molecule has 9 nitrogen and oxygen atoms in total. The lowest BCUT2D eigenvalue weighted by Gasteiger charge is -2.16. The van der Waals surface area contributed by atoms with Gasteiger partial charge in [0, 0.05) is 30.1 Å². The molecule has 3 heterocycles. The van der Waals surface area contributed by atoms with Gasteiger partial charge in [0.25, 0.3) is 11.5 Å². The summed E-state index contributed by atoms with van der Waals surface area (Å²) in [6.07, 6.45) is 4.95. The molecule has 0 unspecified atom stereocenters. The van der Waals surface area contributed by atoms with Gasteiger partial charge in [-0.1, -0.05) is 17.3 Å². The number of amides is 1. The van der Waals surface area contributed by atoms with Gasteiger partial charge in [-0.05, 0) is 38.0 Å². The minimum absolute atomic E-state index is 0.0336. The van der Waals surface area contributed by atoms with Crippen molar-refractivity contribution in [2.75, 3.05) is 11.9 Å². The van der Waals surface area contributed by atoms with E-state index in [9.17, 15) is 14.4 Å². The van der Waals surface area contributed by atoms with Crippen LogP contribution in [-0.4, -0.2) is 37.6 Å². The Morgan fingerprint density at radius 1 is 1.23 bits per heavy atom. The van der Waals surface area contributed by atoms with Crippen molar-refractivity contribution in [1.82, 2.24) is 19.1 Å². The summed E-state index contributed by atoms with van der Waals surface area (Å²) in [7, 11) is 0. The fourth-order valence-corrected chi connectivity index (χ4v) is 4.07. The molecule has 2 aromatic heterocycles. The van der Waals surface area contributed by atoms with Crippen LogP contribution in [0.1, 0.15) is 59.3 Å². The summed E-state index contributed by atoms with van der Waals surface area (Å²) in [6.45, 7) is 2.55. The van der Waals surface area contributed by atoms with Crippen molar-refractivity contribution in [3.8, 4) is 0 Å². The van der Waals surface area contributed by atoms with Crippen LogP contribution < -0.4 is 10.9 Å². The van der Waals surface area contributed by atoms with Gasteiger partial charge in [-0.15, -0.1) is 5.10 Å². The minimum Gasteiger partial charge on any atom is -0.461 e. The Kier molecular flexibility index (Phi) is 5.84. The average molecular weight is 427 g/mol. The van der Waals surface area contributed by atoms with E-state index < -0.39 is 11.9 Å². The Hall–Kier alpha value is -3.14. The molecule has 1 aliphatic rings. The number of nitrogens with zero attached hydrogens (tertiary/aromatic N) is 4. The summed E-state index contributed by atoms with van der Waals surface area (Å²) in [4.78, 5) is 42.3. The van der Waals surface area contributed by atoms with Crippen LogP contribution in [0.3, 0.4) is 0 Å². The SMILES string of the molecule is CCOC(=O)c1nnsc1NC(=O)c1ccc2c(=O)n3c(nc2c1)CCCCCC3. The summed E-state index contributed by atoms with van der Waals surface area (Å²) >= 11 is 0.893. The van der Waals surface area contributed by atoms with E-state index in [1.165, 1.54) is 0 Å². The number of anilines is 1. The zero-order chi connectivity index (χ0) is 21.1. The largest absolute Gasteiger partial charge is 0.461 e. The zero-order valence-electron chi connectivity index (χ0n) is 16.5. The Balaban J connectivity index is 1.64. The molecule has 0 aliphatic carbocycles. The number of rotatable bonds is 4. The molecule has 1 N–H and O–H groups in total. The first-order valence-corrected chi connectivity index (χ1v) is 10.7. The third-order valence-corrected chi connectivity index (χ3v) is 5.65. The van der Waals surface area contributed by atoms with E-state index in [1.54, 1.807) is 29.7 Å². The highest BCUT2D eigenvalue weighted by molar-refractivity contribution is 7.10. The van der Waals surface area contributed by atoms with Crippen LogP contribution in [0, 0.1) is 0 Å². The maximum absolute atomic E-state index is 12.9. The van der Waals surface area contributed by atoms with Crippen LogP contribution in [0.2, 0.25) is 0 Å². The molecule has 0 saturated carbocycles. The van der Waals surface area contributed by atoms with Gasteiger partial charge in [-0.3, -0.25) is 14.2 Å². The van der Waals surface area contributed by atoms with Crippen LogP contribution in [0.4, 0.5) is 5.00 Å². The third kappa shape index (κ3) is 3.95. The molecular weight excluding hydrogens is 406 g/mol. The number of fused-ring (bicyclic) bond motifs is 2. The first-order valence-electron chi connectivity index (χ1n) is 9.92. The summed E-state index contributed by atoms with van der Waals surface area (Å²) < 4.78 is 10.4. The average Bonchev–Trinajstić information content (AvgIpc) is 3.17. The third-order valence-electron chi connectivity index (χ3n) is 5.01. The van der Waals surface area contributed by atoms with Crippen molar-refractivity contribution in [3.63, 3.8) is 0 Å². The second kappa shape index (κ2) is 8.70. The molecule has 0 fully saturated rings. The predicted octanol–water partition coefficient (Wildman–Crippen LogP) is 2.79. The Labute approximate surface area is 176 Å². The van der Waals surface area contributed by atoms with Crippen molar-refractivity contribution in [1.29, 1.82) is 0 Å². The zero-order valence-corrected chi connectivity index (χ0v) is 17.3. The quantitative estimate of drug-likeness (QED) is 0.636. The van der Waals surface area contributed by atoms with Crippen molar-refractivity contribution >= 4 is 39.3 Å². The molecule has 1 amide bonds. The van der Waals surface area contributed by atoms with Gasteiger partial charge < -0.3 is 10.1 Å². The number of benzene rings is 1. The first kappa shape index (κ1) is 20.1. The highest BCUT2D eigenvalue weighted by Gasteiger charge is 2.21. The van der Waals surface area contributed by atoms with E-state index in [-0.39, 0.29) is 22.9 Å². The fourth-order valence-electron chi connectivity index (χ4n) is 3.52. The Morgan fingerprint density at radius 2 is 2.07 bits per heavy atom. The number of esters is 1. The molecular formula is C20H21N5O4S. The Morgan fingerprint density at radius 3 is 2.90 bits per heavy atom. The van der Waals surface area contributed by atoms with Gasteiger partial charge in [-0.25, -0.2) is 9.78 Å². The molecule has 0 radical (unpaired) electrons. The van der Waals surface area contributed by atoms with E-state index in [2.05, 4.69) is 19.9 Å². The van der Waals surface area contributed by atoms with Gasteiger partial charge in [0.1, 0.15) is 5.82 Å². The molecule has 1 aliphatic heterocycles. The summed E-state index contributed by atoms with van der Waals surface area (Å²) in [5.74, 6) is -0.323. The van der Waals surface area contributed by atoms with E-state index >= 15 is 0 Å². The van der Waals surface area contributed by atoms with Gasteiger partial charge in [0.2, 0.25) is 5.69 Å². The van der Waals surface area contributed by atoms with E-state index in [4.69, 9.17) is 4.74 Å². The number of ether oxygens (including phenoxy) is 1. The van der Waals surface area contributed by atoms with E-state index in [0.717, 1.165) is 49.5 Å². The number of carbonyl (C=O) groups is 2. The molecule has 3 aromatic rings. The van der Waals surface area contributed by atoms with Gasteiger partial charge >= 0.3 is 5.97 Å². The minimum atomic E-state index is -0.645. The number of aryl methyl sites for hydroxylation is 1. The van der Waals surface area contributed by atoms with Crippen LogP contribution >= 0.6 is 11.5 Å².